The van der Waals surface area contributed by atoms with Crippen LogP contribution < -0.4 is 10.0 Å². The zero-order valence-corrected chi connectivity index (χ0v) is 15.5. The van der Waals surface area contributed by atoms with E-state index in [0.717, 1.165) is 23.8 Å². The molecule has 134 valence electrons. The summed E-state index contributed by atoms with van der Waals surface area (Å²) in [6, 6.07) is 8.17. The van der Waals surface area contributed by atoms with Gasteiger partial charge in [-0.2, -0.15) is 0 Å². The van der Waals surface area contributed by atoms with Gasteiger partial charge in [-0.05, 0) is 42.8 Å². The molecule has 9 heteroatoms. The van der Waals surface area contributed by atoms with Gasteiger partial charge < -0.3 is 5.32 Å². The summed E-state index contributed by atoms with van der Waals surface area (Å²) in [6.45, 7) is 1.69. The van der Waals surface area contributed by atoms with Crippen LogP contribution in [0.2, 0.25) is 10.0 Å². The molecule has 1 amide bonds. The van der Waals surface area contributed by atoms with Crippen molar-refractivity contribution in [2.24, 2.45) is 0 Å². The third-order valence-electron chi connectivity index (χ3n) is 3.23. The highest BCUT2D eigenvalue weighted by molar-refractivity contribution is 7.89. The molecule has 0 saturated heterocycles. The van der Waals surface area contributed by atoms with Crippen LogP contribution in [0.1, 0.15) is 12.0 Å². The second kappa shape index (κ2) is 8.14. The van der Waals surface area contributed by atoms with Gasteiger partial charge in [0, 0.05) is 13.0 Å². The summed E-state index contributed by atoms with van der Waals surface area (Å²) in [4.78, 5) is 11.5. The van der Waals surface area contributed by atoms with Gasteiger partial charge in [-0.25, -0.2) is 17.5 Å². The van der Waals surface area contributed by atoms with E-state index in [9.17, 15) is 17.6 Å². The fourth-order valence-electron chi connectivity index (χ4n) is 1.99. The topological polar surface area (TPSA) is 75.3 Å². The molecule has 0 aliphatic rings. The molecule has 2 rings (SSSR count). The first kappa shape index (κ1) is 19.7. The van der Waals surface area contributed by atoms with Crippen molar-refractivity contribution in [1.82, 2.24) is 4.72 Å². The molecule has 0 aromatic heterocycles. The lowest BCUT2D eigenvalue weighted by Gasteiger charge is -2.10. The second-order valence-electron chi connectivity index (χ2n) is 5.25. The van der Waals surface area contributed by atoms with Crippen LogP contribution >= 0.6 is 23.2 Å². The number of hydrogen-bond acceptors (Lipinski definition) is 3. The number of carbonyl (C=O) groups excluding carboxylic acids is 1. The zero-order valence-electron chi connectivity index (χ0n) is 13.1. The second-order valence-corrected chi connectivity index (χ2v) is 7.80. The van der Waals surface area contributed by atoms with Gasteiger partial charge in [-0.15, -0.1) is 0 Å². The Bertz CT molecular complexity index is 904. The summed E-state index contributed by atoms with van der Waals surface area (Å²) < 4.78 is 39.7. The highest BCUT2D eigenvalue weighted by Crippen LogP contribution is 2.23. The normalized spacial score (nSPS) is 11.4. The average Bonchev–Trinajstić information content (AvgIpc) is 2.52. The summed E-state index contributed by atoms with van der Waals surface area (Å²) in [5.41, 5.74) is 1.39. The van der Waals surface area contributed by atoms with Crippen molar-refractivity contribution < 1.29 is 17.6 Å². The lowest BCUT2D eigenvalue weighted by atomic mass is 10.2. The lowest BCUT2D eigenvalue weighted by molar-refractivity contribution is -0.116. The largest absolute Gasteiger partial charge is 0.325 e. The zero-order chi connectivity index (χ0) is 18.6. The number of nitrogens with one attached hydrogen (secondary N) is 2. The minimum Gasteiger partial charge on any atom is -0.325 e. The molecule has 0 heterocycles. The van der Waals surface area contributed by atoms with E-state index in [1.807, 2.05) is 6.92 Å². The maximum Gasteiger partial charge on any atom is 0.242 e. The molecule has 0 saturated carbocycles. The number of benzene rings is 2. The summed E-state index contributed by atoms with van der Waals surface area (Å²) in [7, 11) is -4.02. The molecule has 0 aliphatic heterocycles. The number of halogens is 3. The maximum absolute atomic E-state index is 13.2. The van der Waals surface area contributed by atoms with Crippen LogP contribution in [-0.2, 0) is 14.8 Å². The number of rotatable bonds is 6. The lowest BCUT2D eigenvalue weighted by Crippen LogP contribution is -2.28. The highest BCUT2D eigenvalue weighted by atomic mass is 35.5. The molecule has 0 fully saturated rings. The van der Waals surface area contributed by atoms with Crippen LogP contribution in [-0.4, -0.2) is 20.9 Å². The smallest absolute Gasteiger partial charge is 0.242 e. The Kier molecular flexibility index (Phi) is 6.40. The first-order valence-corrected chi connectivity index (χ1v) is 9.43. The summed E-state index contributed by atoms with van der Waals surface area (Å²) >= 11 is 11.8. The Balaban J connectivity index is 1.95. The third-order valence-corrected chi connectivity index (χ3v) is 5.48. The molecule has 0 spiro atoms. The quantitative estimate of drug-likeness (QED) is 0.769. The molecule has 2 N–H and O–H groups in total. The number of anilines is 1. The molecular weight excluding hydrogens is 390 g/mol. The monoisotopic (exact) mass is 404 g/mol. The van der Waals surface area contributed by atoms with Crippen LogP contribution in [0, 0.1) is 12.7 Å². The first-order chi connectivity index (χ1) is 11.7. The van der Waals surface area contributed by atoms with Gasteiger partial charge >= 0.3 is 0 Å². The van der Waals surface area contributed by atoms with Gasteiger partial charge in [0.15, 0.2) is 0 Å². The summed E-state index contributed by atoms with van der Waals surface area (Å²) in [5.74, 6) is -1.14. The number of sulfonamides is 1. The van der Waals surface area contributed by atoms with Crippen LogP contribution in [0.5, 0.6) is 0 Å². The van der Waals surface area contributed by atoms with Gasteiger partial charge in [-0.3, -0.25) is 4.79 Å². The summed E-state index contributed by atoms with van der Waals surface area (Å²) in [5, 5.41) is 2.87. The van der Waals surface area contributed by atoms with E-state index in [-0.39, 0.29) is 22.9 Å². The van der Waals surface area contributed by atoms with Crippen molar-refractivity contribution in [3.05, 3.63) is 57.8 Å². The Morgan fingerprint density at radius 1 is 1.12 bits per heavy atom. The van der Waals surface area contributed by atoms with Gasteiger partial charge in [0.05, 0.1) is 15.7 Å². The molecule has 0 bridgehead atoms. The van der Waals surface area contributed by atoms with Crippen LogP contribution in [0.3, 0.4) is 0 Å². The van der Waals surface area contributed by atoms with Crippen LogP contribution in [0.15, 0.2) is 41.3 Å². The van der Waals surface area contributed by atoms with Crippen molar-refractivity contribution in [1.29, 1.82) is 0 Å². The average molecular weight is 405 g/mol. The molecule has 2 aromatic rings. The van der Waals surface area contributed by atoms with Gasteiger partial charge in [0.2, 0.25) is 15.9 Å². The third kappa shape index (κ3) is 5.40. The Labute approximate surface area is 155 Å². The number of hydrogen-bond donors (Lipinski definition) is 2. The van der Waals surface area contributed by atoms with E-state index in [1.54, 1.807) is 18.2 Å². The van der Waals surface area contributed by atoms with E-state index >= 15 is 0 Å². The van der Waals surface area contributed by atoms with Crippen molar-refractivity contribution in [2.75, 3.05) is 11.9 Å². The van der Waals surface area contributed by atoms with Crippen molar-refractivity contribution in [3.8, 4) is 0 Å². The molecule has 0 radical (unpaired) electrons. The van der Waals surface area contributed by atoms with Gasteiger partial charge in [-0.1, -0.05) is 29.3 Å². The molecule has 0 atom stereocenters. The van der Waals surface area contributed by atoms with E-state index in [0.29, 0.717) is 10.7 Å². The predicted molar refractivity (Wildman–Crippen MR) is 96.0 cm³/mol. The number of amides is 1. The number of aryl methyl sites for hydroxylation is 1. The van der Waals surface area contributed by atoms with E-state index in [4.69, 9.17) is 23.2 Å². The molecule has 0 aliphatic carbocycles. The van der Waals surface area contributed by atoms with Crippen molar-refractivity contribution in [3.63, 3.8) is 0 Å². The standard InChI is InChI=1S/C16H15Cl2FN2O3S/c1-10-2-5-14(13(18)8-10)21-16(22)6-7-20-25(23,24)15-9-11(19)3-4-12(15)17/h2-5,8-9,20H,6-7H2,1H3,(H,21,22). The maximum atomic E-state index is 13.2. The minimum absolute atomic E-state index is 0.107. The SMILES string of the molecule is Cc1ccc(NC(=O)CCNS(=O)(=O)c2cc(F)ccc2Cl)c(Cl)c1. The minimum atomic E-state index is -4.02. The van der Waals surface area contributed by atoms with Crippen molar-refractivity contribution in [2.45, 2.75) is 18.2 Å². The van der Waals surface area contributed by atoms with Crippen LogP contribution in [0.25, 0.3) is 0 Å². The molecular formula is C16H15Cl2FN2O3S. The first-order valence-electron chi connectivity index (χ1n) is 7.20. The highest BCUT2D eigenvalue weighted by Gasteiger charge is 2.19. The molecule has 5 nitrogen and oxygen atoms in total. The molecule has 2 aromatic carbocycles. The van der Waals surface area contributed by atoms with E-state index in [1.165, 1.54) is 0 Å². The Hall–Kier alpha value is -1.67. The van der Waals surface area contributed by atoms with Gasteiger partial charge in [0.25, 0.3) is 0 Å². The summed E-state index contributed by atoms with van der Waals surface area (Å²) in [6.07, 6.45) is -0.129. The van der Waals surface area contributed by atoms with Gasteiger partial charge in [0.1, 0.15) is 10.7 Å². The predicted octanol–water partition coefficient (Wildman–Crippen LogP) is 3.75. The molecule has 25 heavy (non-hydrogen) atoms. The Morgan fingerprint density at radius 3 is 2.52 bits per heavy atom. The fourth-order valence-corrected chi connectivity index (χ4v) is 3.82. The van der Waals surface area contributed by atoms with E-state index in [2.05, 4.69) is 10.0 Å². The fraction of sp³-hybridized carbons (Fsp3) is 0.188. The van der Waals surface area contributed by atoms with Crippen molar-refractivity contribution >= 4 is 44.8 Å². The van der Waals surface area contributed by atoms with Crippen LogP contribution in [0.4, 0.5) is 10.1 Å². The van der Waals surface area contributed by atoms with E-state index < -0.39 is 21.7 Å². The number of carbonyl (C=O) groups is 1. The molecule has 0 unspecified atom stereocenters. The Morgan fingerprint density at radius 2 is 1.84 bits per heavy atom.